The maximum absolute atomic E-state index is 13.4. The van der Waals surface area contributed by atoms with Crippen molar-refractivity contribution >= 4 is 22.6 Å². The van der Waals surface area contributed by atoms with Crippen molar-refractivity contribution in [2.45, 2.75) is 33.5 Å². The molecule has 34 heavy (non-hydrogen) atoms. The fourth-order valence-electron chi connectivity index (χ4n) is 3.87. The summed E-state index contributed by atoms with van der Waals surface area (Å²) in [5.41, 5.74) is 0.974. The first-order chi connectivity index (χ1) is 16.3. The van der Waals surface area contributed by atoms with E-state index < -0.39 is 23.0 Å². The van der Waals surface area contributed by atoms with Gasteiger partial charge in [0.25, 0.3) is 5.56 Å². The Hall–Kier alpha value is -4.21. The Balaban J connectivity index is 1.78. The zero-order valence-corrected chi connectivity index (χ0v) is 19.0. The van der Waals surface area contributed by atoms with E-state index in [1.807, 2.05) is 6.92 Å². The van der Waals surface area contributed by atoms with Gasteiger partial charge in [-0.15, -0.1) is 0 Å². The van der Waals surface area contributed by atoms with Crippen molar-refractivity contribution in [3.63, 3.8) is 0 Å². The lowest BCUT2D eigenvalue weighted by atomic mass is 10.2. The first-order valence-corrected chi connectivity index (χ1v) is 10.7. The minimum absolute atomic E-state index is 0.0675. The molecule has 0 spiro atoms. The Morgan fingerprint density at radius 2 is 1.71 bits per heavy atom. The second-order valence-electron chi connectivity index (χ2n) is 7.76. The Morgan fingerprint density at radius 1 is 1.03 bits per heavy atom. The molecule has 1 amide bonds. The number of benzene rings is 2. The molecule has 0 radical (unpaired) electrons. The van der Waals surface area contributed by atoms with Gasteiger partial charge in [-0.1, -0.05) is 12.1 Å². The minimum Gasteiger partial charge on any atom is -0.497 e. The molecule has 0 unspecified atom stereocenters. The summed E-state index contributed by atoms with van der Waals surface area (Å²) in [6.45, 7) is 3.55. The molecular formula is C24H24FN5O4. The van der Waals surface area contributed by atoms with Crippen molar-refractivity contribution < 1.29 is 13.9 Å². The highest BCUT2D eigenvalue weighted by molar-refractivity contribution is 5.91. The van der Waals surface area contributed by atoms with Gasteiger partial charge >= 0.3 is 5.69 Å². The number of hydrogen-bond donors (Lipinski definition) is 1. The van der Waals surface area contributed by atoms with E-state index >= 15 is 0 Å². The number of carbonyl (C=O) groups is 1. The molecule has 0 aliphatic heterocycles. The van der Waals surface area contributed by atoms with Crippen LogP contribution >= 0.6 is 0 Å². The Kier molecular flexibility index (Phi) is 6.31. The molecule has 2 aromatic heterocycles. The number of anilines is 1. The summed E-state index contributed by atoms with van der Waals surface area (Å²) in [5, 5.41) is 7.14. The van der Waals surface area contributed by atoms with Gasteiger partial charge < -0.3 is 10.1 Å². The molecule has 10 heteroatoms. The summed E-state index contributed by atoms with van der Waals surface area (Å²) in [6, 6.07) is 12.3. The molecule has 1 N–H and O–H groups in total. The Labute approximate surface area is 194 Å². The predicted molar refractivity (Wildman–Crippen MR) is 126 cm³/mol. The molecule has 2 aromatic carbocycles. The first-order valence-electron chi connectivity index (χ1n) is 10.7. The molecule has 0 saturated carbocycles. The summed E-state index contributed by atoms with van der Waals surface area (Å²) in [4.78, 5) is 39.6. The molecule has 0 atom stereocenters. The number of carbonyl (C=O) groups excluding carboxylic acids is 1. The maximum Gasteiger partial charge on any atom is 0.332 e. The summed E-state index contributed by atoms with van der Waals surface area (Å²) in [6.07, 6.45) is 0. The summed E-state index contributed by atoms with van der Waals surface area (Å²) in [5.74, 6) is -0.213. The number of halogens is 1. The van der Waals surface area contributed by atoms with E-state index in [0.717, 1.165) is 4.57 Å². The second kappa shape index (κ2) is 9.34. The molecule has 9 nitrogen and oxygen atoms in total. The maximum atomic E-state index is 13.4. The average Bonchev–Trinajstić information content (AvgIpc) is 3.17. The molecule has 0 aliphatic rings. The summed E-state index contributed by atoms with van der Waals surface area (Å²) in [7, 11) is 1.55. The number of amides is 1. The van der Waals surface area contributed by atoms with Crippen molar-refractivity contribution in [2.24, 2.45) is 0 Å². The number of nitrogens with one attached hydrogen (secondary N) is 1. The highest BCUT2D eigenvalue weighted by Crippen LogP contribution is 2.17. The van der Waals surface area contributed by atoms with Crippen molar-refractivity contribution in [1.82, 2.24) is 18.9 Å². The average molecular weight is 465 g/mol. The van der Waals surface area contributed by atoms with Crippen LogP contribution in [0, 0.1) is 12.7 Å². The fraction of sp³-hybridized carbons (Fsp3) is 0.250. The van der Waals surface area contributed by atoms with E-state index in [1.54, 1.807) is 38.3 Å². The third-order valence-corrected chi connectivity index (χ3v) is 5.50. The van der Waals surface area contributed by atoms with Crippen LogP contribution in [-0.4, -0.2) is 31.9 Å². The molecular weight excluding hydrogens is 441 g/mol. The standard InChI is InChI=1S/C24H24FN5O4/c1-4-30-22-21(15(2)27-30)28(14-20(31)26-18-9-11-19(34-3)12-10-18)24(33)29(23(22)32)13-16-5-7-17(25)8-6-16/h5-12H,4,13-14H2,1-3H3,(H,26,31). The number of aryl methyl sites for hydroxylation is 2. The highest BCUT2D eigenvalue weighted by Gasteiger charge is 2.21. The summed E-state index contributed by atoms with van der Waals surface area (Å²) < 4.78 is 22.3. The van der Waals surface area contributed by atoms with Crippen LogP contribution in [0.15, 0.2) is 58.1 Å². The van der Waals surface area contributed by atoms with Crippen LogP contribution in [0.5, 0.6) is 5.75 Å². The molecule has 4 aromatic rings. The van der Waals surface area contributed by atoms with Gasteiger partial charge in [-0.05, 0) is 55.8 Å². The quantitative estimate of drug-likeness (QED) is 0.452. The molecule has 0 fully saturated rings. The van der Waals surface area contributed by atoms with E-state index in [0.29, 0.717) is 34.8 Å². The van der Waals surface area contributed by atoms with Gasteiger partial charge in [0.05, 0.1) is 19.3 Å². The van der Waals surface area contributed by atoms with Crippen LogP contribution in [-0.2, 0) is 24.4 Å². The van der Waals surface area contributed by atoms with Gasteiger partial charge in [0.1, 0.15) is 23.6 Å². The number of hydrogen-bond acceptors (Lipinski definition) is 5. The van der Waals surface area contributed by atoms with E-state index in [2.05, 4.69) is 10.4 Å². The lowest BCUT2D eigenvalue weighted by Gasteiger charge is -2.13. The third kappa shape index (κ3) is 4.34. The number of methoxy groups -OCH3 is 1. The number of nitrogens with zero attached hydrogens (tertiary/aromatic N) is 4. The summed E-state index contributed by atoms with van der Waals surface area (Å²) >= 11 is 0. The highest BCUT2D eigenvalue weighted by atomic mass is 19.1. The Bertz CT molecular complexity index is 1470. The second-order valence-corrected chi connectivity index (χ2v) is 7.76. The number of ether oxygens (including phenoxy) is 1. The molecule has 4 rings (SSSR count). The van der Waals surface area contributed by atoms with Crippen LogP contribution in [0.25, 0.3) is 11.0 Å². The molecule has 0 saturated heterocycles. The van der Waals surface area contributed by atoms with Gasteiger partial charge in [-0.2, -0.15) is 5.10 Å². The monoisotopic (exact) mass is 465 g/mol. The van der Waals surface area contributed by atoms with Crippen LogP contribution < -0.4 is 21.3 Å². The van der Waals surface area contributed by atoms with Crippen LogP contribution in [0.2, 0.25) is 0 Å². The molecule has 176 valence electrons. The normalized spacial score (nSPS) is 11.1. The number of aromatic nitrogens is 4. The first kappa shape index (κ1) is 23.0. The fourth-order valence-corrected chi connectivity index (χ4v) is 3.87. The largest absolute Gasteiger partial charge is 0.497 e. The minimum atomic E-state index is -0.648. The van der Waals surface area contributed by atoms with Gasteiger partial charge in [0.2, 0.25) is 5.91 Å². The van der Waals surface area contributed by atoms with Crippen molar-refractivity contribution in [1.29, 1.82) is 0 Å². The predicted octanol–water partition coefficient (Wildman–Crippen LogP) is 2.52. The van der Waals surface area contributed by atoms with Gasteiger partial charge in [0, 0.05) is 12.2 Å². The lowest BCUT2D eigenvalue weighted by Crippen LogP contribution is -2.42. The van der Waals surface area contributed by atoms with Gasteiger partial charge in [-0.25, -0.2) is 9.18 Å². The number of fused-ring (bicyclic) bond motifs is 1. The van der Waals surface area contributed by atoms with Crippen LogP contribution in [0.1, 0.15) is 18.2 Å². The Morgan fingerprint density at radius 3 is 2.32 bits per heavy atom. The third-order valence-electron chi connectivity index (χ3n) is 5.50. The van der Waals surface area contributed by atoms with Crippen molar-refractivity contribution in [2.75, 3.05) is 12.4 Å². The SMILES string of the molecule is CCn1nc(C)c2c1c(=O)n(Cc1ccc(F)cc1)c(=O)n2CC(=O)Nc1ccc(OC)cc1. The smallest absolute Gasteiger partial charge is 0.332 e. The van der Waals surface area contributed by atoms with Crippen LogP contribution in [0.4, 0.5) is 10.1 Å². The zero-order chi connectivity index (χ0) is 24.4. The number of rotatable bonds is 7. The lowest BCUT2D eigenvalue weighted by molar-refractivity contribution is -0.116. The van der Waals surface area contributed by atoms with Gasteiger partial charge in [0.15, 0.2) is 5.52 Å². The van der Waals surface area contributed by atoms with Crippen molar-refractivity contribution in [3.8, 4) is 5.75 Å². The van der Waals surface area contributed by atoms with E-state index in [-0.39, 0.29) is 18.6 Å². The van der Waals surface area contributed by atoms with E-state index in [9.17, 15) is 18.8 Å². The molecule has 0 bridgehead atoms. The van der Waals surface area contributed by atoms with E-state index in [4.69, 9.17) is 4.74 Å². The molecule has 0 aliphatic carbocycles. The van der Waals surface area contributed by atoms with Crippen LogP contribution in [0.3, 0.4) is 0 Å². The molecule has 2 heterocycles. The zero-order valence-electron chi connectivity index (χ0n) is 19.0. The topological polar surface area (TPSA) is 100 Å². The van der Waals surface area contributed by atoms with Crippen molar-refractivity contribution in [3.05, 3.63) is 86.4 Å². The van der Waals surface area contributed by atoms with Gasteiger partial charge in [-0.3, -0.25) is 23.4 Å². The van der Waals surface area contributed by atoms with E-state index in [1.165, 1.54) is 33.5 Å².